The lowest BCUT2D eigenvalue weighted by Crippen LogP contribution is -2.37. The van der Waals surface area contributed by atoms with E-state index in [-0.39, 0.29) is 0 Å². The molecular weight excluding hydrogens is 282 g/mol. The molecule has 1 heterocycles. The predicted molar refractivity (Wildman–Crippen MR) is 95.0 cm³/mol. The van der Waals surface area contributed by atoms with Crippen molar-refractivity contribution in [3.05, 3.63) is 35.4 Å². The van der Waals surface area contributed by atoms with Gasteiger partial charge in [0.1, 0.15) is 0 Å². The number of aryl methyl sites for hydroxylation is 1. The molecule has 0 amide bonds. The molecule has 1 aromatic rings. The zero-order valence-electron chi connectivity index (χ0n) is 13.1. The van der Waals surface area contributed by atoms with Crippen LogP contribution in [0.2, 0.25) is 0 Å². The van der Waals surface area contributed by atoms with Crippen molar-refractivity contribution in [3.8, 4) is 0 Å². The third-order valence-electron chi connectivity index (χ3n) is 4.12. The lowest BCUT2D eigenvalue weighted by atomic mass is 10.0. The first-order chi connectivity index (χ1) is 9.65. The molecule has 1 saturated heterocycles. The van der Waals surface area contributed by atoms with E-state index in [1.807, 2.05) is 0 Å². The van der Waals surface area contributed by atoms with Gasteiger partial charge in [-0.1, -0.05) is 52.0 Å². The van der Waals surface area contributed by atoms with E-state index in [1.165, 1.54) is 16.9 Å². The second kappa shape index (κ2) is 7.77. The number of rotatable bonds is 5. The van der Waals surface area contributed by atoms with Crippen LogP contribution in [0.25, 0.3) is 0 Å². The molecule has 20 heavy (non-hydrogen) atoms. The minimum atomic E-state index is 0.485. The molecule has 4 unspecified atom stereocenters. The maximum Gasteiger partial charge on any atom is 0.0448 e. The largest absolute Gasteiger partial charge is 0.309 e. The van der Waals surface area contributed by atoms with Crippen molar-refractivity contribution in [1.82, 2.24) is 5.32 Å². The summed E-state index contributed by atoms with van der Waals surface area (Å²) >= 11 is 4.29. The lowest BCUT2D eigenvalue weighted by Gasteiger charge is -2.36. The molecule has 1 nitrogen and oxygen atoms in total. The fraction of sp³-hybridized carbons (Fsp3) is 0.647. The summed E-state index contributed by atoms with van der Waals surface area (Å²) in [6.07, 6.45) is 1.12. The maximum absolute atomic E-state index is 3.71. The lowest BCUT2D eigenvalue weighted by molar-refractivity contribution is 0.547. The van der Waals surface area contributed by atoms with E-state index in [4.69, 9.17) is 0 Å². The molecule has 1 N–H and O–H groups in total. The average Bonchev–Trinajstić information content (AvgIpc) is 2.48. The maximum atomic E-state index is 3.71. The Hall–Kier alpha value is -0.120. The minimum absolute atomic E-state index is 0.485. The Kier molecular flexibility index (Phi) is 6.31. The molecule has 0 radical (unpaired) electrons. The summed E-state index contributed by atoms with van der Waals surface area (Å²) in [5.74, 6) is 1.25. The van der Waals surface area contributed by atoms with Gasteiger partial charge in [-0.2, -0.15) is 23.5 Å². The number of hydrogen-bond acceptors (Lipinski definition) is 3. The summed E-state index contributed by atoms with van der Waals surface area (Å²) in [6.45, 7) is 10.2. The molecule has 0 spiro atoms. The highest BCUT2D eigenvalue weighted by atomic mass is 32.2. The Balaban J connectivity index is 2.13. The molecule has 0 aromatic heterocycles. The van der Waals surface area contributed by atoms with Gasteiger partial charge in [0.05, 0.1) is 0 Å². The van der Waals surface area contributed by atoms with Gasteiger partial charge >= 0.3 is 0 Å². The Bertz CT molecular complexity index is 404. The van der Waals surface area contributed by atoms with Crippen molar-refractivity contribution < 1.29 is 0 Å². The third-order valence-corrected chi connectivity index (χ3v) is 7.61. The topological polar surface area (TPSA) is 12.0 Å². The fourth-order valence-corrected chi connectivity index (χ4v) is 5.75. The van der Waals surface area contributed by atoms with E-state index >= 15 is 0 Å². The van der Waals surface area contributed by atoms with E-state index in [2.05, 4.69) is 80.8 Å². The standard InChI is InChI=1S/C17H27NS2/c1-5-14-7-9-15(10-8-14)17(18-6-2)16-11-19-12(3)13(4)20-16/h7-10,12-13,16-18H,5-6,11H2,1-4H3. The van der Waals surface area contributed by atoms with Gasteiger partial charge in [-0.05, 0) is 24.1 Å². The molecule has 1 aromatic carbocycles. The fourth-order valence-electron chi connectivity index (χ4n) is 2.63. The van der Waals surface area contributed by atoms with Crippen molar-refractivity contribution in [3.63, 3.8) is 0 Å². The van der Waals surface area contributed by atoms with Crippen molar-refractivity contribution in [2.45, 2.75) is 55.9 Å². The molecule has 0 saturated carbocycles. The smallest absolute Gasteiger partial charge is 0.0448 e. The van der Waals surface area contributed by atoms with E-state index in [1.54, 1.807) is 0 Å². The van der Waals surface area contributed by atoms with E-state index in [0.29, 0.717) is 11.3 Å². The molecule has 0 aliphatic carbocycles. The third kappa shape index (κ3) is 3.96. The first kappa shape index (κ1) is 16.3. The molecule has 0 bridgehead atoms. The summed E-state index contributed by atoms with van der Waals surface area (Å²) in [7, 11) is 0. The van der Waals surface area contributed by atoms with Crippen LogP contribution in [0, 0.1) is 0 Å². The molecular formula is C17H27NS2. The number of hydrogen-bond donors (Lipinski definition) is 1. The Morgan fingerprint density at radius 1 is 1.15 bits per heavy atom. The predicted octanol–water partition coefficient (Wildman–Crippen LogP) is 4.53. The molecule has 112 valence electrons. The highest BCUT2D eigenvalue weighted by molar-refractivity contribution is 8.07. The normalized spacial score (nSPS) is 28.3. The molecule has 3 heteroatoms. The Morgan fingerprint density at radius 2 is 1.85 bits per heavy atom. The van der Waals surface area contributed by atoms with Crippen molar-refractivity contribution in [2.24, 2.45) is 0 Å². The van der Waals surface area contributed by atoms with Crippen molar-refractivity contribution in [1.29, 1.82) is 0 Å². The van der Waals surface area contributed by atoms with E-state index in [0.717, 1.165) is 23.5 Å². The van der Waals surface area contributed by atoms with Crippen LogP contribution >= 0.6 is 23.5 Å². The monoisotopic (exact) mass is 309 g/mol. The van der Waals surface area contributed by atoms with Gasteiger partial charge in [-0.25, -0.2) is 0 Å². The highest BCUT2D eigenvalue weighted by Crippen LogP contribution is 2.41. The molecule has 1 aliphatic rings. The SMILES string of the molecule is CCNC(c1ccc(CC)cc1)C1CSC(C)C(C)S1. The first-order valence-electron chi connectivity index (χ1n) is 7.75. The van der Waals surface area contributed by atoms with Crippen LogP contribution in [-0.2, 0) is 6.42 Å². The average molecular weight is 310 g/mol. The van der Waals surface area contributed by atoms with E-state index < -0.39 is 0 Å². The van der Waals surface area contributed by atoms with Gasteiger partial charge in [-0.15, -0.1) is 0 Å². The highest BCUT2D eigenvalue weighted by Gasteiger charge is 2.31. The molecule has 1 aliphatic heterocycles. The van der Waals surface area contributed by atoms with Gasteiger partial charge < -0.3 is 5.32 Å². The Morgan fingerprint density at radius 3 is 2.40 bits per heavy atom. The van der Waals surface area contributed by atoms with Crippen LogP contribution in [0.3, 0.4) is 0 Å². The van der Waals surface area contributed by atoms with E-state index in [9.17, 15) is 0 Å². The molecule has 4 atom stereocenters. The van der Waals surface area contributed by atoms with Gasteiger partial charge in [0.2, 0.25) is 0 Å². The number of nitrogens with one attached hydrogen (secondary N) is 1. The van der Waals surface area contributed by atoms with Crippen LogP contribution in [0.1, 0.15) is 44.9 Å². The zero-order valence-corrected chi connectivity index (χ0v) is 14.7. The quantitative estimate of drug-likeness (QED) is 0.858. The zero-order chi connectivity index (χ0) is 14.5. The van der Waals surface area contributed by atoms with Gasteiger partial charge in [0.15, 0.2) is 0 Å². The van der Waals surface area contributed by atoms with Crippen LogP contribution in [-0.4, -0.2) is 28.0 Å². The second-order valence-electron chi connectivity index (χ2n) is 5.55. The van der Waals surface area contributed by atoms with Gasteiger partial charge in [0.25, 0.3) is 0 Å². The van der Waals surface area contributed by atoms with Crippen LogP contribution in [0.4, 0.5) is 0 Å². The van der Waals surface area contributed by atoms with Crippen LogP contribution in [0.5, 0.6) is 0 Å². The summed E-state index contributed by atoms with van der Waals surface area (Å²) in [6, 6.07) is 9.69. The number of benzene rings is 1. The minimum Gasteiger partial charge on any atom is -0.309 e. The van der Waals surface area contributed by atoms with Gasteiger partial charge in [-0.3, -0.25) is 0 Å². The Labute approximate surface area is 132 Å². The van der Waals surface area contributed by atoms with Crippen LogP contribution < -0.4 is 5.32 Å². The van der Waals surface area contributed by atoms with Gasteiger partial charge in [0, 0.05) is 27.5 Å². The summed E-state index contributed by atoms with van der Waals surface area (Å²) < 4.78 is 0. The summed E-state index contributed by atoms with van der Waals surface area (Å²) in [4.78, 5) is 0. The molecule has 1 fully saturated rings. The van der Waals surface area contributed by atoms with Crippen molar-refractivity contribution >= 4 is 23.5 Å². The first-order valence-corrected chi connectivity index (χ1v) is 9.74. The van der Waals surface area contributed by atoms with Crippen LogP contribution in [0.15, 0.2) is 24.3 Å². The second-order valence-corrected chi connectivity index (χ2v) is 8.58. The summed E-state index contributed by atoms with van der Waals surface area (Å²) in [5, 5.41) is 5.91. The number of thioether (sulfide) groups is 2. The summed E-state index contributed by atoms with van der Waals surface area (Å²) in [5.41, 5.74) is 2.88. The van der Waals surface area contributed by atoms with Crippen molar-refractivity contribution in [2.75, 3.05) is 12.3 Å². The molecule has 2 rings (SSSR count).